The molecule has 0 radical (unpaired) electrons. The molecule has 0 fully saturated rings. The van der Waals surface area contributed by atoms with Crippen LogP contribution in [0.15, 0.2) is 24.4 Å². The van der Waals surface area contributed by atoms with Gasteiger partial charge in [0, 0.05) is 35.7 Å². The quantitative estimate of drug-likeness (QED) is 0.489. The van der Waals surface area contributed by atoms with Gasteiger partial charge in [-0.05, 0) is 18.6 Å². The largest absolute Gasteiger partial charge is 0.465 e. The van der Waals surface area contributed by atoms with E-state index < -0.39 is 16.9 Å². The number of fused-ring (bicyclic) bond motifs is 1. The second kappa shape index (κ2) is 5.70. The van der Waals surface area contributed by atoms with Crippen LogP contribution in [0, 0.1) is 10.1 Å². The molecular formula is C13H15N3O4. The average molecular weight is 277 g/mol. The molecule has 1 unspecified atom stereocenters. The molecule has 7 nitrogen and oxygen atoms in total. The lowest BCUT2D eigenvalue weighted by Crippen LogP contribution is -2.34. The predicted octanol–water partition coefficient (Wildman–Crippen LogP) is 1.51. The zero-order valence-corrected chi connectivity index (χ0v) is 11.0. The number of hydrogen-bond acceptors (Lipinski definition) is 5. The van der Waals surface area contributed by atoms with E-state index in [1.807, 2.05) is 0 Å². The van der Waals surface area contributed by atoms with Gasteiger partial charge in [-0.1, -0.05) is 0 Å². The number of ether oxygens (including phenoxy) is 1. The van der Waals surface area contributed by atoms with Crippen molar-refractivity contribution < 1.29 is 14.5 Å². The van der Waals surface area contributed by atoms with Gasteiger partial charge in [-0.15, -0.1) is 0 Å². The van der Waals surface area contributed by atoms with Crippen LogP contribution in [0.1, 0.15) is 12.5 Å². The number of H-pyrrole nitrogens is 1. The summed E-state index contributed by atoms with van der Waals surface area (Å²) < 4.78 is 4.84. The molecule has 0 bridgehead atoms. The molecule has 1 aromatic carbocycles. The molecule has 106 valence electrons. The van der Waals surface area contributed by atoms with E-state index in [9.17, 15) is 14.9 Å². The number of carbonyl (C=O) groups excluding carboxylic acids is 1. The summed E-state index contributed by atoms with van der Waals surface area (Å²) in [4.78, 5) is 24.8. The van der Waals surface area contributed by atoms with Crippen molar-refractivity contribution in [3.8, 4) is 0 Å². The van der Waals surface area contributed by atoms with Crippen molar-refractivity contribution in [2.45, 2.75) is 19.4 Å². The van der Waals surface area contributed by atoms with Crippen molar-refractivity contribution in [1.82, 2.24) is 4.98 Å². The first-order valence-electron chi connectivity index (χ1n) is 6.19. The first-order valence-corrected chi connectivity index (χ1v) is 6.19. The molecule has 2 aromatic rings. The molecule has 1 atom stereocenters. The van der Waals surface area contributed by atoms with Crippen LogP contribution in [-0.4, -0.2) is 28.5 Å². The highest BCUT2D eigenvalue weighted by Crippen LogP contribution is 2.24. The summed E-state index contributed by atoms with van der Waals surface area (Å²) in [5, 5.41) is 11.5. The Morgan fingerprint density at radius 3 is 2.95 bits per heavy atom. The van der Waals surface area contributed by atoms with Crippen molar-refractivity contribution in [2.24, 2.45) is 5.73 Å². The van der Waals surface area contributed by atoms with E-state index in [4.69, 9.17) is 10.5 Å². The normalized spacial score (nSPS) is 12.3. The van der Waals surface area contributed by atoms with Crippen LogP contribution in [-0.2, 0) is 16.0 Å². The Morgan fingerprint density at radius 1 is 1.55 bits per heavy atom. The monoisotopic (exact) mass is 277 g/mol. The predicted molar refractivity (Wildman–Crippen MR) is 73.3 cm³/mol. The summed E-state index contributed by atoms with van der Waals surface area (Å²) in [7, 11) is 0. The Hall–Kier alpha value is -2.41. The van der Waals surface area contributed by atoms with Crippen molar-refractivity contribution in [2.75, 3.05) is 6.61 Å². The van der Waals surface area contributed by atoms with E-state index >= 15 is 0 Å². The van der Waals surface area contributed by atoms with Gasteiger partial charge in [0.15, 0.2) is 0 Å². The molecule has 0 saturated carbocycles. The minimum Gasteiger partial charge on any atom is -0.465 e. The fourth-order valence-electron chi connectivity index (χ4n) is 2.02. The van der Waals surface area contributed by atoms with Crippen LogP contribution in [0.3, 0.4) is 0 Å². The lowest BCUT2D eigenvalue weighted by Gasteiger charge is -2.09. The number of esters is 1. The van der Waals surface area contributed by atoms with Gasteiger partial charge < -0.3 is 15.5 Å². The van der Waals surface area contributed by atoms with E-state index in [1.165, 1.54) is 12.1 Å². The number of aromatic nitrogens is 1. The van der Waals surface area contributed by atoms with Crippen LogP contribution in [0.25, 0.3) is 10.9 Å². The number of nitro benzene ring substituents is 1. The SMILES string of the molecule is CCOC(=O)C(N)Cc1c[nH]c2ccc([N+](=O)[O-])cc12. The second-order valence-electron chi connectivity index (χ2n) is 4.36. The van der Waals surface area contributed by atoms with Crippen LogP contribution in [0.5, 0.6) is 0 Å². The number of hydrogen-bond donors (Lipinski definition) is 2. The number of nitrogens with zero attached hydrogens (tertiary/aromatic N) is 1. The second-order valence-corrected chi connectivity index (χ2v) is 4.36. The lowest BCUT2D eigenvalue weighted by atomic mass is 10.1. The Labute approximate surface area is 114 Å². The highest BCUT2D eigenvalue weighted by molar-refractivity contribution is 5.86. The first-order chi connectivity index (χ1) is 9.52. The van der Waals surface area contributed by atoms with Crippen molar-refractivity contribution in [3.63, 3.8) is 0 Å². The third-order valence-electron chi connectivity index (χ3n) is 2.99. The zero-order chi connectivity index (χ0) is 14.7. The molecule has 0 aliphatic rings. The van der Waals surface area contributed by atoms with Gasteiger partial charge in [0.05, 0.1) is 11.5 Å². The van der Waals surface area contributed by atoms with E-state index in [0.717, 1.165) is 11.1 Å². The van der Waals surface area contributed by atoms with E-state index in [1.54, 1.807) is 19.2 Å². The molecule has 7 heteroatoms. The van der Waals surface area contributed by atoms with Crippen LogP contribution < -0.4 is 5.73 Å². The number of nitrogens with two attached hydrogens (primary N) is 1. The van der Waals surface area contributed by atoms with Gasteiger partial charge >= 0.3 is 5.97 Å². The summed E-state index contributed by atoms with van der Waals surface area (Å²) in [6, 6.07) is 3.74. The van der Waals surface area contributed by atoms with Gasteiger partial charge in [0.1, 0.15) is 6.04 Å². The highest BCUT2D eigenvalue weighted by Gasteiger charge is 2.18. The summed E-state index contributed by atoms with van der Waals surface area (Å²) >= 11 is 0. The van der Waals surface area contributed by atoms with Gasteiger partial charge in [-0.3, -0.25) is 14.9 Å². The fourth-order valence-corrected chi connectivity index (χ4v) is 2.02. The molecule has 1 heterocycles. The lowest BCUT2D eigenvalue weighted by molar-refractivity contribution is -0.384. The number of benzene rings is 1. The smallest absolute Gasteiger partial charge is 0.323 e. The molecule has 0 spiro atoms. The molecule has 3 N–H and O–H groups in total. The topological polar surface area (TPSA) is 111 Å². The van der Waals surface area contributed by atoms with Gasteiger partial charge in [0.2, 0.25) is 0 Å². The average Bonchev–Trinajstić information content (AvgIpc) is 2.81. The molecule has 1 aromatic heterocycles. The molecule has 0 aliphatic heterocycles. The summed E-state index contributed by atoms with van der Waals surface area (Å²) in [6.45, 7) is 1.98. The number of non-ortho nitro benzene ring substituents is 1. The minimum atomic E-state index is -0.784. The molecule has 0 saturated heterocycles. The molecule has 0 amide bonds. The molecule has 2 rings (SSSR count). The van der Waals surface area contributed by atoms with Crippen LogP contribution >= 0.6 is 0 Å². The van der Waals surface area contributed by atoms with E-state index in [-0.39, 0.29) is 18.7 Å². The highest BCUT2D eigenvalue weighted by atomic mass is 16.6. The zero-order valence-electron chi connectivity index (χ0n) is 11.0. The summed E-state index contributed by atoms with van der Waals surface area (Å²) in [6.07, 6.45) is 1.97. The maximum absolute atomic E-state index is 11.5. The van der Waals surface area contributed by atoms with Gasteiger partial charge in [-0.25, -0.2) is 0 Å². The molecular weight excluding hydrogens is 262 g/mol. The van der Waals surface area contributed by atoms with Gasteiger partial charge in [-0.2, -0.15) is 0 Å². The Bertz CT molecular complexity index is 650. The van der Waals surface area contributed by atoms with Gasteiger partial charge in [0.25, 0.3) is 5.69 Å². The van der Waals surface area contributed by atoms with E-state index in [2.05, 4.69) is 4.98 Å². The number of carbonyl (C=O) groups is 1. The number of rotatable bonds is 5. The molecule has 0 aliphatic carbocycles. The fraction of sp³-hybridized carbons (Fsp3) is 0.308. The van der Waals surface area contributed by atoms with Crippen molar-refractivity contribution in [1.29, 1.82) is 0 Å². The Morgan fingerprint density at radius 2 is 2.30 bits per heavy atom. The Balaban J connectivity index is 2.28. The van der Waals surface area contributed by atoms with E-state index in [0.29, 0.717) is 5.39 Å². The standard InChI is InChI=1S/C13H15N3O4/c1-2-20-13(17)11(14)5-8-7-15-12-4-3-9(16(18)19)6-10(8)12/h3-4,6-7,11,15H,2,5,14H2,1H3. The minimum absolute atomic E-state index is 0.00283. The third kappa shape index (κ3) is 2.77. The van der Waals surface area contributed by atoms with Crippen LogP contribution in [0.2, 0.25) is 0 Å². The third-order valence-corrected chi connectivity index (χ3v) is 2.99. The Kier molecular flexibility index (Phi) is 3.99. The maximum atomic E-state index is 11.5. The van der Waals surface area contributed by atoms with Crippen molar-refractivity contribution >= 4 is 22.6 Å². The summed E-state index contributed by atoms with van der Waals surface area (Å²) in [5.41, 5.74) is 7.28. The maximum Gasteiger partial charge on any atom is 0.323 e. The number of aromatic amines is 1. The van der Waals surface area contributed by atoms with Crippen LogP contribution in [0.4, 0.5) is 5.69 Å². The number of nitro groups is 1. The summed E-state index contributed by atoms with van der Waals surface area (Å²) in [5.74, 6) is -0.479. The number of nitrogens with one attached hydrogen (secondary N) is 1. The molecule has 20 heavy (non-hydrogen) atoms. The first kappa shape index (κ1) is 14.0. The van der Waals surface area contributed by atoms with Crippen molar-refractivity contribution in [3.05, 3.63) is 40.1 Å².